The predicted molar refractivity (Wildman–Crippen MR) is 102 cm³/mol. The predicted octanol–water partition coefficient (Wildman–Crippen LogP) is 5.06. The Hall–Kier alpha value is -1.68. The van der Waals surface area contributed by atoms with E-state index in [1.165, 1.54) is 16.8 Å². The molecular weight excluding hydrogens is 448 g/mol. The molecule has 0 amide bonds. The van der Waals surface area contributed by atoms with Crippen LogP contribution in [-0.4, -0.2) is 21.4 Å². The van der Waals surface area contributed by atoms with Crippen molar-refractivity contribution in [2.75, 3.05) is 11.9 Å². The Morgan fingerprint density at radius 1 is 1.33 bits per heavy atom. The third kappa shape index (κ3) is 5.19. The molecule has 2 N–H and O–H groups in total. The molecule has 1 heterocycles. The highest BCUT2D eigenvalue weighted by Gasteiger charge is 2.41. The molecule has 4 nitrogen and oxygen atoms in total. The van der Waals surface area contributed by atoms with E-state index in [9.17, 15) is 17.6 Å². The van der Waals surface area contributed by atoms with E-state index in [0.717, 1.165) is 12.8 Å². The maximum Gasteiger partial charge on any atom is 0.436 e. The highest BCUT2D eigenvalue weighted by molar-refractivity contribution is 9.10. The fraction of sp³-hybridized carbons (Fsp3) is 0.412. The molecule has 0 unspecified atom stereocenters. The molecule has 3 rings (SSSR count). The molecule has 1 saturated carbocycles. The van der Waals surface area contributed by atoms with Crippen LogP contribution in [0.1, 0.15) is 36.6 Å². The third-order valence-corrected chi connectivity index (χ3v) is 5.11. The van der Waals surface area contributed by atoms with Crippen LogP contribution in [0.4, 0.5) is 23.2 Å². The van der Waals surface area contributed by atoms with E-state index < -0.39 is 11.9 Å². The summed E-state index contributed by atoms with van der Waals surface area (Å²) in [6.07, 6.45) is -2.19. The van der Waals surface area contributed by atoms with Gasteiger partial charge >= 0.3 is 6.18 Å². The molecule has 10 heteroatoms. The SMILES string of the molecule is Fc1cccc(NC(=S)NCCCn2nc(C(F)(F)F)c(Br)c2C2CC2)c1. The number of halogens is 5. The van der Waals surface area contributed by atoms with Gasteiger partial charge in [0.25, 0.3) is 0 Å². The van der Waals surface area contributed by atoms with E-state index in [0.29, 0.717) is 36.0 Å². The van der Waals surface area contributed by atoms with E-state index in [4.69, 9.17) is 12.2 Å². The molecule has 0 saturated heterocycles. The quantitative estimate of drug-likeness (QED) is 0.356. The number of hydrogen-bond donors (Lipinski definition) is 2. The zero-order valence-corrected chi connectivity index (χ0v) is 16.5. The number of rotatable bonds is 6. The van der Waals surface area contributed by atoms with Crippen molar-refractivity contribution >= 4 is 38.9 Å². The summed E-state index contributed by atoms with van der Waals surface area (Å²) in [5.74, 6) is -0.244. The average molecular weight is 465 g/mol. The number of aromatic nitrogens is 2. The van der Waals surface area contributed by atoms with Gasteiger partial charge in [-0.25, -0.2) is 4.39 Å². The van der Waals surface area contributed by atoms with Crippen molar-refractivity contribution in [2.45, 2.75) is 37.9 Å². The molecule has 1 aromatic carbocycles. The molecule has 0 aliphatic heterocycles. The zero-order chi connectivity index (χ0) is 19.6. The number of anilines is 1. The van der Waals surface area contributed by atoms with Crippen molar-refractivity contribution < 1.29 is 17.6 Å². The van der Waals surface area contributed by atoms with Gasteiger partial charge in [0.1, 0.15) is 5.82 Å². The van der Waals surface area contributed by atoms with Crippen LogP contribution in [0.25, 0.3) is 0 Å². The average Bonchev–Trinajstić information content (AvgIpc) is 3.34. The van der Waals surface area contributed by atoms with Gasteiger partial charge in [0.05, 0.1) is 10.2 Å². The first-order valence-electron chi connectivity index (χ1n) is 8.39. The lowest BCUT2D eigenvalue weighted by molar-refractivity contribution is -0.142. The van der Waals surface area contributed by atoms with Crippen LogP contribution in [-0.2, 0) is 12.7 Å². The van der Waals surface area contributed by atoms with Crippen molar-refractivity contribution in [1.82, 2.24) is 15.1 Å². The van der Waals surface area contributed by atoms with Gasteiger partial charge in [-0.1, -0.05) is 6.07 Å². The Bertz CT molecular complexity index is 833. The largest absolute Gasteiger partial charge is 0.436 e. The Morgan fingerprint density at radius 2 is 2.07 bits per heavy atom. The topological polar surface area (TPSA) is 41.9 Å². The second-order valence-electron chi connectivity index (χ2n) is 6.29. The van der Waals surface area contributed by atoms with E-state index in [-0.39, 0.29) is 16.2 Å². The van der Waals surface area contributed by atoms with Crippen molar-refractivity contribution in [2.24, 2.45) is 0 Å². The van der Waals surface area contributed by atoms with Gasteiger partial charge < -0.3 is 10.6 Å². The molecule has 1 aromatic heterocycles. The minimum atomic E-state index is -4.48. The third-order valence-electron chi connectivity index (χ3n) is 4.08. The van der Waals surface area contributed by atoms with Crippen LogP contribution in [0.2, 0.25) is 0 Å². The molecule has 1 aliphatic rings. The van der Waals surface area contributed by atoms with Crippen molar-refractivity contribution in [3.05, 3.63) is 45.9 Å². The van der Waals surface area contributed by atoms with Gasteiger partial charge in [-0.15, -0.1) is 0 Å². The fourth-order valence-electron chi connectivity index (χ4n) is 2.72. The first kappa shape index (κ1) is 20.1. The van der Waals surface area contributed by atoms with Crippen LogP contribution in [0.15, 0.2) is 28.7 Å². The van der Waals surface area contributed by atoms with Crippen LogP contribution in [0.5, 0.6) is 0 Å². The summed E-state index contributed by atoms with van der Waals surface area (Å²) in [4.78, 5) is 0. The Labute approximate surface area is 167 Å². The summed E-state index contributed by atoms with van der Waals surface area (Å²) < 4.78 is 53.9. The summed E-state index contributed by atoms with van der Waals surface area (Å²) in [7, 11) is 0. The van der Waals surface area contributed by atoms with Gasteiger partial charge in [-0.2, -0.15) is 18.3 Å². The minimum Gasteiger partial charge on any atom is -0.362 e. The standard InChI is InChI=1S/C17H17BrF4N4S/c18-13-14(10-5-6-10)26(25-15(13)17(20,21)22)8-2-7-23-16(27)24-12-4-1-3-11(19)9-12/h1,3-4,9-10H,2,5-8H2,(H2,23,24,27). The Kier molecular flexibility index (Phi) is 6.05. The van der Waals surface area contributed by atoms with Crippen LogP contribution < -0.4 is 10.6 Å². The highest BCUT2D eigenvalue weighted by atomic mass is 79.9. The molecule has 0 atom stereocenters. The number of benzene rings is 1. The first-order valence-corrected chi connectivity index (χ1v) is 9.59. The van der Waals surface area contributed by atoms with Crippen molar-refractivity contribution in [3.8, 4) is 0 Å². The maximum absolute atomic E-state index is 13.1. The second-order valence-corrected chi connectivity index (χ2v) is 7.49. The summed E-state index contributed by atoms with van der Waals surface area (Å²) >= 11 is 8.21. The Morgan fingerprint density at radius 3 is 2.70 bits per heavy atom. The number of nitrogens with one attached hydrogen (secondary N) is 2. The fourth-order valence-corrected chi connectivity index (χ4v) is 3.78. The number of thiocarbonyl (C=S) groups is 1. The highest BCUT2D eigenvalue weighted by Crippen LogP contribution is 2.46. The number of aryl methyl sites for hydroxylation is 1. The van der Waals surface area contributed by atoms with Gasteiger partial charge in [0.2, 0.25) is 0 Å². The smallest absolute Gasteiger partial charge is 0.362 e. The summed E-state index contributed by atoms with van der Waals surface area (Å²) in [6.45, 7) is 0.792. The molecular formula is C17H17BrF4N4S. The van der Waals surface area contributed by atoms with Gasteiger partial charge in [0.15, 0.2) is 10.8 Å². The van der Waals surface area contributed by atoms with E-state index in [1.807, 2.05) is 0 Å². The molecule has 1 aliphatic carbocycles. The van der Waals surface area contributed by atoms with Crippen LogP contribution >= 0.6 is 28.1 Å². The van der Waals surface area contributed by atoms with E-state index in [2.05, 4.69) is 31.7 Å². The van der Waals surface area contributed by atoms with E-state index in [1.54, 1.807) is 12.1 Å². The van der Waals surface area contributed by atoms with Gasteiger partial charge in [0, 0.05) is 24.7 Å². The normalized spacial score (nSPS) is 14.3. The number of nitrogens with zero attached hydrogens (tertiary/aromatic N) is 2. The molecule has 27 heavy (non-hydrogen) atoms. The zero-order valence-electron chi connectivity index (χ0n) is 14.1. The van der Waals surface area contributed by atoms with Crippen molar-refractivity contribution in [1.29, 1.82) is 0 Å². The summed E-state index contributed by atoms with van der Waals surface area (Å²) in [6, 6.07) is 5.89. The van der Waals surface area contributed by atoms with Crippen LogP contribution in [0.3, 0.4) is 0 Å². The molecule has 0 bridgehead atoms. The maximum atomic E-state index is 13.1. The van der Waals surface area contributed by atoms with Gasteiger partial charge in [-0.05, 0) is 65.6 Å². The van der Waals surface area contributed by atoms with Gasteiger partial charge in [-0.3, -0.25) is 4.68 Å². The lowest BCUT2D eigenvalue weighted by Gasteiger charge is -2.11. The molecule has 0 radical (unpaired) electrons. The lowest BCUT2D eigenvalue weighted by Crippen LogP contribution is -2.30. The molecule has 2 aromatic rings. The van der Waals surface area contributed by atoms with Crippen molar-refractivity contribution in [3.63, 3.8) is 0 Å². The first-order chi connectivity index (χ1) is 12.8. The lowest BCUT2D eigenvalue weighted by atomic mass is 10.2. The number of alkyl halides is 3. The minimum absolute atomic E-state index is 0.0498. The molecule has 0 spiro atoms. The summed E-state index contributed by atoms with van der Waals surface area (Å²) in [5, 5.41) is 9.90. The van der Waals surface area contributed by atoms with E-state index >= 15 is 0 Å². The number of hydrogen-bond acceptors (Lipinski definition) is 2. The van der Waals surface area contributed by atoms with Crippen LogP contribution in [0, 0.1) is 5.82 Å². The monoisotopic (exact) mass is 464 g/mol. The molecule has 1 fully saturated rings. The summed E-state index contributed by atoms with van der Waals surface area (Å²) in [5.41, 5.74) is 0.262. The Balaban J connectivity index is 1.54. The second kappa shape index (κ2) is 8.14. The molecule has 146 valence electrons.